The second kappa shape index (κ2) is 7.02. The van der Waals surface area contributed by atoms with E-state index in [4.69, 9.17) is 9.84 Å². The number of ether oxygens (including phenoxy) is 1. The van der Waals surface area contributed by atoms with Gasteiger partial charge in [-0.05, 0) is 49.8 Å². The summed E-state index contributed by atoms with van der Waals surface area (Å²) in [5.41, 5.74) is 0.276. The second-order valence-corrected chi connectivity index (χ2v) is 5.44. The number of aromatic hydroxyl groups is 2. The number of rotatable bonds is 4. The van der Waals surface area contributed by atoms with E-state index in [2.05, 4.69) is 5.32 Å². The third-order valence-electron chi connectivity index (χ3n) is 3.85. The normalized spacial score (nSPS) is 21.1. The number of hydrogen-bond donors (Lipinski definition) is 4. The summed E-state index contributed by atoms with van der Waals surface area (Å²) in [5.74, 6) is -0.644. The number of carboxylic acid groups (broad SMARTS) is 1. The second-order valence-electron chi connectivity index (χ2n) is 5.44. The molecule has 0 saturated heterocycles. The van der Waals surface area contributed by atoms with Crippen molar-refractivity contribution in [2.75, 3.05) is 6.54 Å². The van der Waals surface area contributed by atoms with Crippen LogP contribution in [0.1, 0.15) is 36.0 Å². The summed E-state index contributed by atoms with van der Waals surface area (Å²) in [4.78, 5) is 22.4. The number of hydrogen-bond acceptors (Lipinski definition) is 5. The molecule has 22 heavy (non-hydrogen) atoms. The summed E-state index contributed by atoms with van der Waals surface area (Å²) in [6.45, 7) is 0.486. The van der Waals surface area contributed by atoms with Gasteiger partial charge in [-0.3, -0.25) is 4.79 Å². The monoisotopic (exact) mass is 309 g/mol. The van der Waals surface area contributed by atoms with Crippen molar-refractivity contribution in [3.8, 4) is 11.5 Å². The number of phenols is 2. The molecule has 7 nitrogen and oxygen atoms in total. The van der Waals surface area contributed by atoms with Gasteiger partial charge in [0.2, 0.25) is 0 Å². The molecule has 0 unspecified atom stereocenters. The molecule has 120 valence electrons. The minimum absolute atomic E-state index is 0.251. The molecule has 0 aliphatic heterocycles. The Balaban J connectivity index is 1.77. The lowest BCUT2D eigenvalue weighted by atomic mass is 9.87. The van der Waals surface area contributed by atoms with Crippen LogP contribution in [0.25, 0.3) is 0 Å². The van der Waals surface area contributed by atoms with Crippen molar-refractivity contribution < 1.29 is 29.6 Å². The molecular formula is C15H19NO6. The van der Waals surface area contributed by atoms with Gasteiger partial charge in [0.25, 0.3) is 5.91 Å². The van der Waals surface area contributed by atoms with Gasteiger partial charge in [-0.25, -0.2) is 4.79 Å². The molecule has 1 aromatic rings. The Bertz CT molecular complexity index is 551. The Kier molecular flexibility index (Phi) is 5.08. The maximum Gasteiger partial charge on any atom is 0.506 e. The highest BCUT2D eigenvalue weighted by molar-refractivity contribution is 5.94. The van der Waals surface area contributed by atoms with Gasteiger partial charge in [0, 0.05) is 12.1 Å². The van der Waals surface area contributed by atoms with Crippen molar-refractivity contribution in [3.05, 3.63) is 23.8 Å². The van der Waals surface area contributed by atoms with Gasteiger partial charge in [0.05, 0.1) is 0 Å². The van der Waals surface area contributed by atoms with Crippen LogP contribution >= 0.6 is 0 Å². The zero-order chi connectivity index (χ0) is 16.1. The predicted molar refractivity (Wildman–Crippen MR) is 77.0 cm³/mol. The average Bonchev–Trinajstić information content (AvgIpc) is 2.48. The lowest BCUT2D eigenvalue weighted by Crippen LogP contribution is -2.33. The molecule has 1 aliphatic carbocycles. The molecule has 1 amide bonds. The molecule has 0 bridgehead atoms. The Morgan fingerprint density at radius 1 is 1.14 bits per heavy atom. The molecule has 0 heterocycles. The van der Waals surface area contributed by atoms with Gasteiger partial charge in [0.15, 0.2) is 11.5 Å². The summed E-state index contributed by atoms with van der Waals surface area (Å²) >= 11 is 0. The van der Waals surface area contributed by atoms with Crippen LogP contribution in [-0.2, 0) is 4.74 Å². The summed E-state index contributed by atoms with van der Waals surface area (Å²) < 4.78 is 4.74. The molecule has 0 radical (unpaired) electrons. The lowest BCUT2D eigenvalue weighted by molar-refractivity contribution is 0.0285. The Morgan fingerprint density at radius 3 is 2.41 bits per heavy atom. The van der Waals surface area contributed by atoms with Gasteiger partial charge in [-0.15, -0.1) is 0 Å². The summed E-state index contributed by atoms with van der Waals surface area (Å²) in [6, 6.07) is 3.91. The standard InChI is InChI=1S/C15H19NO6/c17-12-6-3-10(7-13(12)18)14(19)16-8-9-1-4-11(5-2-9)22-15(20)21/h3,6-7,9,11,17-18H,1-2,4-5,8H2,(H,16,19)(H,20,21)/t9-,11-. The minimum atomic E-state index is -1.25. The fourth-order valence-corrected chi connectivity index (χ4v) is 2.60. The van der Waals surface area contributed by atoms with E-state index in [-0.39, 0.29) is 35.0 Å². The van der Waals surface area contributed by atoms with Crippen LogP contribution in [-0.4, -0.2) is 40.0 Å². The van der Waals surface area contributed by atoms with Crippen molar-refractivity contribution >= 4 is 12.1 Å². The molecule has 1 aromatic carbocycles. The fraction of sp³-hybridized carbons (Fsp3) is 0.467. The van der Waals surface area contributed by atoms with Crippen LogP contribution in [0.5, 0.6) is 11.5 Å². The molecule has 4 N–H and O–H groups in total. The van der Waals surface area contributed by atoms with Crippen LogP contribution in [0.3, 0.4) is 0 Å². The maximum absolute atomic E-state index is 12.0. The SMILES string of the molecule is O=C(O)O[C@H]1CC[C@H](CNC(=O)c2ccc(O)c(O)c2)CC1. The van der Waals surface area contributed by atoms with Crippen molar-refractivity contribution in [3.63, 3.8) is 0 Å². The first-order valence-corrected chi connectivity index (χ1v) is 7.15. The van der Waals surface area contributed by atoms with Crippen molar-refractivity contribution in [2.45, 2.75) is 31.8 Å². The van der Waals surface area contributed by atoms with E-state index >= 15 is 0 Å². The highest BCUT2D eigenvalue weighted by Crippen LogP contribution is 2.27. The van der Waals surface area contributed by atoms with Gasteiger partial charge < -0.3 is 25.4 Å². The Labute approximate surface area is 127 Å². The first-order chi connectivity index (χ1) is 10.5. The zero-order valence-corrected chi connectivity index (χ0v) is 12.0. The minimum Gasteiger partial charge on any atom is -0.504 e. The van der Waals surface area contributed by atoms with E-state index in [1.165, 1.54) is 18.2 Å². The highest BCUT2D eigenvalue weighted by Gasteiger charge is 2.24. The number of nitrogens with one attached hydrogen (secondary N) is 1. The molecule has 2 rings (SSSR count). The number of phenolic OH excluding ortho intramolecular Hbond substituents is 2. The summed E-state index contributed by atoms with van der Waals surface area (Å²) in [6.07, 6.45) is 1.40. The smallest absolute Gasteiger partial charge is 0.504 e. The van der Waals surface area contributed by atoms with Crippen LogP contribution < -0.4 is 5.32 Å². The molecular weight excluding hydrogens is 290 g/mol. The molecule has 0 spiro atoms. The van der Waals surface area contributed by atoms with Crippen LogP contribution in [0, 0.1) is 5.92 Å². The van der Waals surface area contributed by atoms with Crippen molar-refractivity contribution in [1.29, 1.82) is 0 Å². The molecule has 0 aromatic heterocycles. The van der Waals surface area contributed by atoms with Crippen LogP contribution in [0.2, 0.25) is 0 Å². The molecule has 1 aliphatic rings. The molecule has 0 atom stereocenters. The predicted octanol–water partition coefficient (Wildman–Crippen LogP) is 2.08. The quantitative estimate of drug-likeness (QED) is 0.500. The Hall–Kier alpha value is -2.44. The van der Waals surface area contributed by atoms with E-state index < -0.39 is 6.16 Å². The van der Waals surface area contributed by atoms with Crippen molar-refractivity contribution in [1.82, 2.24) is 5.32 Å². The van der Waals surface area contributed by atoms with Gasteiger partial charge in [-0.1, -0.05) is 0 Å². The van der Waals surface area contributed by atoms with Gasteiger partial charge >= 0.3 is 6.16 Å². The van der Waals surface area contributed by atoms with E-state index in [1.54, 1.807) is 0 Å². The van der Waals surface area contributed by atoms with Gasteiger partial charge in [0.1, 0.15) is 6.10 Å². The zero-order valence-electron chi connectivity index (χ0n) is 12.0. The summed E-state index contributed by atoms with van der Waals surface area (Å²) in [5, 5.41) is 29.9. The maximum atomic E-state index is 12.0. The van der Waals surface area contributed by atoms with Crippen LogP contribution in [0.4, 0.5) is 4.79 Å². The van der Waals surface area contributed by atoms with E-state index in [0.29, 0.717) is 19.4 Å². The van der Waals surface area contributed by atoms with Gasteiger partial charge in [-0.2, -0.15) is 0 Å². The third kappa shape index (κ3) is 4.28. The van der Waals surface area contributed by atoms with E-state index in [1.807, 2.05) is 0 Å². The number of carbonyl (C=O) groups excluding carboxylic acids is 1. The topological polar surface area (TPSA) is 116 Å². The lowest BCUT2D eigenvalue weighted by Gasteiger charge is -2.27. The average molecular weight is 309 g/mol. The summed E-state index contributed by atoms with van der Waals surface area (Å²) in [7, 11) is 0. The highest BCUT2D eigenvalue weighted by atomic mass is 16.7. The molecule has 7 heteroatoms. The first kappa shape index (κ1) is 15.9. The van der Waals surface area contributed by atoms with Crippen LogP contribution in [0.15, 0.2) is 18.2 Å². The first-order valence-electron chi connectivity index (χ1n) is 7.15. The number of benzene rings is 1. The number of carbonyl (C=O) groups is 2. The Morgan fingerprint density at radius 2 is 1.82 bits per heavy atom. The molecule has 1 fully saturated rings. The van der Waals surface area contributed by atoms with E-state index in [0.717, 1.165) is 12.8 Å². The third-order valence-corrected chi connectivity index (χ3v) is 3.85. The fourth-order valence-electron chi connectivity index (χ4n) is 2.60. The van der Waals surface area contributed by atoms with Crippen molar-refractivity contribution in [2.24, 2.45) is 5.92 Å². The number of amides is 1. The largest absolute Gasteiger partial charge is 0.506 e. The molecule has 1 saturated carbocycles. The van der Waals surface area contributed by atoms with E-state index in [9.17, 15) is 19.8 Å².